The fourth-order valence-corrected chi connectivity index (χ4v) is 3.56. The fraction of sp³-hybridized carbons (Fsp3) is 0.625. The molecule has 1 nitrogen and oxygen atoms in total. The predicted molar refractivity (Wildman–Crippen MR) is 84.0 cm³/mol. The molecule has 0 amide bonds. The predicted octanol–water partition coefficient (Wildman–Crippen LogP) is 5.47. The minimum absolute atomic E-state index is 0.317. The van der Waals surface area contributed by atoms with Gasteiger partial charge in [-0.15, -0.1) is 0 Å². The lowest BCUT2D eigenvalue weighted by molar-refractivity contribution is 0.327. The van der Waals surface area contributed by atoms with Crippen LogP contribution < -0.4 is 5.32 Å². The van der Waals surface area contributed by atoms with E-state index in [2.05, 4.69) is 32.2 Å². The smallest absolute Gasteiger partial charge is 0.0595 e. The highest BCUT2D eigenvalue weighted by atomic mass is 35.5. The third-order valence-corrected chi connectivity index (χ3v) is 5.40. The quantitative estimate of drug-likeness (QED) is 0.777. The van der Waals surface area contributed by atoms with Crippen molar-refractivity contribution in [3.05, 3.63) is 33.8 Å². The Labute approximate surface area is 126 Å². The molecule has 0 saturated heterocycles. The summed E-state index contributed by atoms with van der Waals surface area (Å²) in [5.74, 6) is 1.63. The summed E-state index contributed by atoms with van der Waals surface area (Å²) < 4.78 is 0. The van der Waals surface area contributed by atoms with Crippen LogP contribution in [0.25, 0.3) is 0 Å². The van der Waals surface area contributed by atoms with E-state index < -0.39 is 0 Å². The molecule has 1 aromatic rings. The Balaban J connectivity index is 2.01. The van der Waals surface area contributed by atoms with Crippen molar-refractivity contribution in [3.8, 4) is 0 Å². The standard InChI is InChI=1S/C16H23Cl2N/c1-4-12-6-8-16(10(12)2)19-11(3)13-5-7-14(17)15(18)9-13/h5,7,9-12,16,19H,4,6,8H2,1-3H3. The zero-order valence-electron chi connectivity index (χ0n) is 11.9. The average molecular weight is 300 g/mol. The fourth-order valence-electron chi connectivity index (χ4n) is 3.26. The molecule has 1 N–H and O–H groups in total. The molecule has 1 aromatic carbocycles. The summed E-state index contributed by atoms with van der Waals surface area (Å²) in [6.07, 6.45) is 3.93. The zero-order valence-corrected chi connectivity index (χ0v) is 13.4. The van der Waals surface area contributed by atoms with Crippen LogP contribution in [0, 0.1) is 11.8 Å². The molecule has 0 aliphatic heterocycles. The van der Waals surface area contributed by atoms with Crippen LogP contribution in [0.4, 0.5) is 0 Å². The highest BCUT2D eigenvalue weighted by Gasteiger charge is 2.32. The van der Waals surface area contributed by atoms with Crippen molar-refractivity contribution in [2.75, 3.05) is 0 Å². The first kappa shape index (κ1) is 15.2. The summed E-state index contributed by atoms with van der Waals surface area (Å²) in [6.45, 7) is 6.87. The van der Waals surface area contributed by atoms with E-state index in [0.717, 1.165) is 11.8 Å². The molecule has 0 radical (unpaired) electrons. The van der Waals surface area contributed by atoms with E-state index in [0.29, 0.717) is 22.1 Å². The second kappa shape index (κ2) is 6.47. The van der Waals surface area contributed by atoms with Crippen molar-refractivity contribution in [3.63, 3.8) is 0 Å². The van der Waals surface area contributed by atoms with Gasteiger partial charge in [-0.1, -0.05) is 49.5 Å². The van der Waals surface area contributed by atoms with Crippen molar-refractivity contribution < 1.29 is 0 Å². The van der Waals surface area contributed by atoms with Crippen LogP contribution in [0.15, 0.2) is 18.2 Å². The van der Waals surface area contributed by atoms with Gasteiger partial charge in [0.2, 0.25) is 0 Å². The second-order valence-electron chi connectivity index (χ2n) is 5.77. The molecule has 106 valence electrons. The third-order valence-electron chi connectivity index (χ3n) is 4.66. The lowest BCUT2D eigenvalue weighted by Gasteiger charge is -2.25. The minimum Gasteiger partial charge on any atom is -0.307 e. The van der Waals surface area contributed by atoms with Crippen LogP contribution in [-0.4, -0.2) is 6.04 Å². The van der Waals surface area contributed by atoms with E-state index in [1.807, 2.05) is 12.1 Å². The number of benzene rings is 1. The number of hydrogen-bond acceptors (Lipinski definition) is 1. The average Bonchev–Trinajstić information content (AvgIpc) is 2.73. The van der Waals surface area contributed by atoms with Crippen molar-refractivity contribution in [1.82, 2.24) is 5.32 Å². The summed E-state index contributed by atoms with van der Waals surface area (Å²) in [5, 5.41) is 5.01. The van der Waals surface area contributed by atoms with Crippen molar-refractivity contribution in [2.24, 2.45) is 11.8 Å². The van der Waals surface area contributed by atoms with Gasteiger partial charge in [0.1, 0.15) is 0 Å². The van der Waals surface area contributed by atoms with E-state index in [9.17, 15) is 0 Å². The normalized spacial score (nSPS) is 28.6. The Kier molecular flexibility index (Phi) is 5.16. The van der Waals surface area contributed by atoms with Crippen molar-refractivity contribution in [1.29, 1.82) is 0 Å². The molecule has 0 heterocycles. The van der Waals surface area contributed by atoms with Gasteiger partial charge in [0, 0.05) is 12.1 Å². The third kappa shape index (κ3) is 3.45. The maximum atomic E-state index is 6.09. The molecule has 1 saturated carbocycles. The van der Waals surface area contributed by atoms with Gasteiger partial charge < -0.3 is 5.32 Å². The molecule has 2 rings (SSSR count). The Morgan fingerprint density at radius 2 is 2.00 bits per heavy atom. The number of hydrogen-bond donors (Lipinski definition) is 1. The highest BCUT2D eigenvalue weighted by molar-refractivity contribution is 6.42. The topological polar surface area (TPSA) is 12.0 Å². The molecule has 4 unspecified atom stereocenters. The lowest BCUT2D eigenvalue weighted by atomic mass is 9.93. The van der Waals surface area contributed by atoms with E-state index in [4.69, 9.17) is 23.2 Å². The molecule has 4 atom stereocenters. The minimum atomic E-state index is 0.317. The molecular formula is C16H23Cl2N. The van der Waals surface area contributed by atoms with E-state index in [1.165, 1.54) is 24.8 Å². The van der Waals surface area contributed by atoms with Gasteiger partial charge in [-0.05, 0) is 49.3 Å². The number of nitrogens with one attached hydrogen (secondary N) is 1. The Morgan fingerprint density at radius 1 is 1.26 bits per heavy atom. The second-order valence-corrected chi connectivity index (χ2v) is 6.59. The van der Waals surface area contributed by atoms with Gasteiger partial charge >= 0.3 is 0 Å². The first-order valence-electron chi connectivity index (χ1n) is 7.24. The Hall–Kier alpha value is -0.240. The number of rotatable bonds is 4. The molecule has 0 spiro atoms. The summed E-state index contributed by atoms with van der Waals surface area (Å²) in [6, 6.07) is 6.85. The van der Waals surface area contributed by atoms with Crippen LogP contribution in [0.3, 0.4) is 0 Å². The maximum absolute atomic E-state index is 6.09. The summed E-state index contributed by atoms with van der Waals surface area (Å²) >= 11 is 12.1. The van der Waals surface area contributed by atoms with Gasteiger partial charge in [0.25, 0.3) is 0 Å². The molecule has 1 aliphatic rings. The molecule has 0 bridgehead atoms. The van der Waals surface area contributed by atoms with Crippen LogP contribution in [0.2, 0.25) is 10.0 Å². The van der Waals surface area contributed by atoms with Gasteiger partial charge in [0.15, 0.2) is 0 Å². The molecule has 1 fully saturated rings. The van der Waals surface area contributed by atoms with Crippen LogP contribution in [-0.2, 0) is 0 Å². The lowest BCUT2D eigenvalue weighted by Crippen LogP contribution is -2.34. The zero-order chi connectivity index (χ0) is 14.0. The molecule has 0 aromatic heterocycles. The maximum Gasteiger partial charge on any atom is 0.0595 e. The molecule has 19 heavy (non-hydrogen) atoms. The van der Waals surface area contributed by atoms with Gasteiger partial charge in [-0.25, -0.2) is 0 Å². The van der Waals surface area contributed by atoms with Gasteiger partial charge in [-0.2, -0.15) is 0 Å². The summed E-state index contributed by atoms with van der Waals surface area (Å²) in [7, 11) is 0. The van der Waals surface area contributed by atoms with E-state index in [-0.39, 0.29) is 0 Å². The van der Waals surface area contributed by atoms with E-state index >= 15 is 0 Å². The van der Waals surface area contributed by atoms with Crippen LogP contribution in [0.5, 0.6) is 0 Å². The number of halogens is 2. The monoisotopic (exact) mass is 299 g/mol. The Bertz CT molecular complexity index is 433. The first-order chi connectivity index (χ1) is 9.02. The summed E-state index contributed by atoms with van der Waals surface area (Å²) in [4.78, 5) is 0. The van der Waals surface area contributed by atoms with Crippen LogP contribution in [0.1, 0.15) is 51.6 Å². The largest absolute Gasteiger partial charge is 0.307 e. The van der Waals surface area contributed by atoms with Crippen molar-refractivity contribution in [2.45, 2.75) is 52.1 Å². The van der Waals surface area contributed by atoms with Gasteiger partial charge in [-0.3, -0.25) is 0 Å². The van der Waals surface area contributed by atoms with Crippen LogP contribution >= 0.6 is 23.2 Å². The Morgan fingerprint density at radius 3 is 2.58 bits per heavy atom. The molecular weight excluding hydrogens is 277 g/mol. The highest BCUT2D eigenvalue weighted by Crippen LogP contribution is 2.35. The molecule has 3 heteroatoms. The summed E-state index contributed by atoms with van der Waals surface area (Å²) in [5.41, 5.74) is 1.21. The molecule has 1 aliphatic carbocycles. The van der Waals surface area contributed by atoms with Gasteiger partial charge in [0.05, 0.1) is 10.0 Å². The SMILES string of the molecule is CCC1CCC(NC(C)c2ccc(Cl)c(Cl)c2)C1C. The first-order valence-corrected chi connectivity index (χ1v) is 7.99. The van der Waals surface area contributed by atoms with E-state index in [1.54, 1.807) is 0 Å². The van der Waals surface area contributed by atoms with Crippen molar-refractivity contribution >= 4 is 23.2 Å².